The summed E-state index contributed by atoms with van der Waals surface area (Å²) in [4.78, 5) is 0. The maximum Gasteiger partial charge on any atom is 0.276 e. The number of ether oxygens (including phenoxy) is 1. The van der Waals surface area contributed by atoms with Crippen LogP contribution in [0.15, 0.2) is 21.6 Å². The Hall–Kier alpha value is -0.890. The summed E-state index contributed by atoms with van der Waals surface area (Å²) in [5, 5.41) is 2.90. The number of nitrogens with one attached hydrogen (secondary N) is 1. The number of furan rings is 1. The van der Waals surface area contributed by atoms with E-state index in [1.807, 2.05) is 0 Å². The van der Waals surface area contributed by atoms with Gasteiger partial charge in [0.05, 0.1) is 12.6 Å². The van der Waals surface area contributed by atoms with Gasteiger partial charge in [-0.3, -0.25) is 0 Å². The molecule has 1 unspecified atom stereocenters. The van der Waals surface area contributed by atoms with Crippen molar-refractivity contribution < 1.29 is 17.6 Å². The zero-order chi connectivity index (χ0) is 13.9. The molecule has 0 amide bonds. The Bertz CT molecular complexity index is 506. The minimum absolute atomic E-state index is 0.00786. The molecule has 7 heteroatoms. The van der Waals surface area contributed by atoms with E-state index in [-0.39, 0.29) is 11.2 Å². The fourth-order valence-corrected chi connectivity index (χ4v) is 3.21. The van der Waals surface area contributed by atoms with Crippen LogP contribution >= 0.6 is 0 Å². The molecule has 2 heterocycles. The summed E-state index contributed by atoms with van der Waals surface area (Å²) >= 11 is 0. The standard InChI is InChI=1S/C12H20N2O4S/c1-13-8-10-5-6-12(18-10)19(15,16)14(2)9-11-4-3-7-17-11/h5-6,11,13H,3-4,7-9H2,1-2H3. The normalized spacial score (nSPS) is 20.3. The maximum absolute atomic E-state index is 12.3. The van der Waals surface area contributed by atoms with Crippen LogP contribution in [0.4, 0.5) is 0 Å². The van der Waals surface area contributed by atoms with E-state index in [2.05, 4.69) is 5.32 Å². The van der Waals surface area contributed by atoms with Gasteiger partial charge in [0.15, 0.2) is 0 Å². The number of sulfonamides is 1. The topological polar surface area (TPSA) is 71.8 Å². The molecule has 1 aliphatic heterocycles. The molecule has 0 saturated carbocycles. The first-order chi connectivity index (χ1) is 9.04. The number of nitrogens with zero attached hydrogens (tertiary/aromatic N) is 1. The largest absolute Gasteiger partial charge is 0.447 e. The van der Waals surface area contributed by atoms with Crippen LogP contribution in [0.3, 0.4) is 0 Å². The highest BCUT2D eigenvalue weighted by atomic mass is 32.2. The molecule has 1 aromatic heterocycles. The van der Waals surface area contributed by atoms with Crippen molar-refractivity contribution in [2.45, 2.75) is 30.6 Å². The van der Waals surface area contributed by atoms with Crippen molar-refractivity contribution in [3.05, 3.63) is 17.9 Å². The molecular weight excluding hydrogens is 268 g/mol. The molecule has 1 aromatic rings. The van der Waals surface area contributed by atoms with Crippen molar-refractivity contribution >= 4 is 10.0 Å². The number of rotatable bonds is 6. The number of hydrogen-bond donors (Lipinski definition) is 1. The molecule has 1 fully saturated rings. The summed E-state index contributed by atoms with van der Waals surface area (Å²) in [6, 6.07) is 3.16. The van der Waals surface area contributed by atoms with Crippen LogP contribution < -0.4 is 5.32 Å². The van der Waals surface area contributed by atoms with Crippen LogP contribution in [0.1, 0.15) is 18.6 Å². The van der Waals surface area contributed by atoms with Crippen molar-refractivity contribution in [1.82, 2.24) is 9.62 Å². The lowest BCUT2D eigenvalue weighted by Gasteiger charge is -2.19. The third-order valence-electron chi connectivity index (χ3n) is 3.14. The molecule has 108 valence electrons. The monoisotopic (exact) mass is 288 g/mol. The lowest BCUT2D eigenvalue weighted by Crippen LogP contribution is -2.33. The van der Waals surface area contributed by atoms with Gasteiger partial charge in [-0.2, -0.15) is 4.31 Å². The van der Waals surface area contributed by atoms with Crippen LogP contribution in [0.25, 0.3) is 0 Å². The minimum atomic E-state index is -3.57. The SMILES string of the molecule is CNCc1ccc(S(=O)(=O)N(C)CC2CCCO2)o1. The van der Waals surface area contributed by atoms with Crippen LogP contribution in [-0.2, 0) is 21.3 Å². The Labute approximate surface area is 113 Å². The first kappa shape index (κ1) is 14.5. The van der Waals surface area contributed by atoms with Gasteiger partial charge in [0, 0.05) is 20.2 Å². The Morgan fingerprint density at radius 2 is 2.26 bits per heavy atom. The molecule has 0 aliphatic carbocycles. The summed E-state index contributed by atoms with van der Waals surface area (Å²) in [6.45, 7) is 1.58. The second-order valence-electron chi connectivity index (χ2n) is 4.67. The van der Waals surface area contributed by atoms with Crippen LogP contribution in [0.5, 0.6) is 0 Å². The summed E-state index contributed by atoms with van der Waals surface area (Å²) in [5.74, 6) is 0.603. The van der Waals surface area contributed by atoms with Crippen LogP contribution in [0.2, 0.25) is 0 Å². The predicted molar refractivity (Wildman–Crippen MR) is 70.3 cm³/mol. The smallest absolute Gasteiger partial charge is 0.276 e. The summed E-state index contributed by atoms with van der Waals surface area (Å²) in [7, 11) is -0.234. The molecule has 1 saturated heterocycles. The zero-order valence-electron chi connectivity index (χ0n) is 11.3. The van der Waals surface area contributed by atoms with E-state index in [0.717, 1.165) is 12.8 Å². The lowest BCUT2D eigenvalue weighted by atomic mass is 10.2. The molecule has 2 rings (SSSR count). The highest BCUT2D eigenvalue weighted by molar-refractivity contribution is 7.89. The Morgan fingerprint density at radius 3 is 2.89 bits per heavy atom. The van der Waals surface area contributed by atoms with E-state index >= 15 is 0 Å². The Morgan fingerprint density at radius 1 is 1.47 bits per heavy atom. The fourth-order valence-electron chi connectivity index (χ4n) is 2.09. The quantitative estimate of drug-likeness (QED) is 0.838. The van der Waals surface area contributed by atoms with E-state index in [9.17, 15) is 8.42 Å². The van der Waals surface area contributed by atoms with E-state index in [4.69, 9.17) is 9.15 Å². The Kier molecular flexibility index (Phi) is 4.62. The predicted octanol–water partition coefficient (Wildman–Crippen LogP) is 0.798. The van der Waals surface area contributed by atoms with Crippen molar-refractivity contribution in [3.8, 4) is 0 Å². The second-order valence-corrected chi connectivity index (χ2v) is 6.65. The van der Waals surface area contributed by atoms with E-state index in [0.29, 0.717) is 25.5 Å². The fraction of sp³-hybridized carbons (Fsp3) is 0.667. The van der Waals surface area contributed by atoms with Gasteiger partial charge in [0.2, 0.25) is 5.09 Å². The first-order valence-electron chi connectivity index (χ1n) is 6.35. The third-order valence-corrected chi connectivity index (χ3v) is 4.83. The van der Waals surface area contributed by atoms with Gasteiger partial charge in [-0.1, -0.05) is 0 Å². The molecule has 0 radical (unpaired) electrons. The van der Waals surface area contributed by atoms with Gasteiger partial charge >= 0.3 is 0 Å². The highest BCUT2D eigenvalue weighted by Crippen LogP contribution is 2.20. The zero-order valence-corrected chi connectivity index (χ0v) is 12.1. The van der Waals surface area contributed by atoms with Gasteiger partial charge in [0.1, 0.15) is 5.76 Å². The van der Waals surface area contributed by atoms with Crippen molar-refractivity contribution in [2.75, 3.05) is 27.2 Å². The van der Waals surface area contributed by atoms with Gasteiger partial charge in [-0.05, 0) is 32.0 Å². The molecule has 6 nitrogen and oxygen atoms in total. The molecule has 1 aliphatic rings. The first-order valence-corrected chi connectivity index (χ1v) is 7.79. The van der Waals surface area contributed by atoms with Gasteiger partial charge < -0.3 is 14.5 Å². The van der Waals surface area contributed by atoms with Gasteiger partial charge in [0.25, 0.3) is 10.0 Å². The molecule has 0 spiro atoms. The molecule has 1 atom stereocenters. The number of likely N-dealkylation sites (N-methyl/N-ethyl adjacent to an activating group) is 1. The highest BCUT2D eigenvalue weighted by Gasteiger charge is 2.28. The molecule has 0 aromatic carbocycles. The maximum atomic E-state index is 12.3. The van der Waals surface area contributed by atoms with Crippen LogP contribution in [-0.4, -0.2) is 46.1 Å². The molecule has 0 bridgehead atoms. The van der Waals surface area contributed by atoms with E-state index in [1.54, 1.807) is 20.2 Å². The average molecular weight is 288 g/mol. The van der Waals surface area contributed by atoms with Crippen LogP contribution in [0, 0.1) is 0 Å². The van der Waals surface area contributed by atoms with Gasteiger partial charge in [-0.15, -0.1) is 0 Å². The van der Waals surface area contributed by atoms with Crippen molar-refractivity contribution in [2.24, 2.45) is 0 Å². The average Bonchev–Trinajstić information content (AvgIpc) is 3.00. The summed E-state index contributed by atoms with van der Waals surface area (Å²) in [5.41, 5.74) is 0. The molecule has 1 N–H and O–H groups in total. The molecule has 19 heavy (non-hydrogen) atoms. The van der Waals surface area contributed by atoms with E-state index < -0.39 is 10.0 Å². The molecular formula is C12H20N2O4S. The minimum Gasteiger partial charge on any atom is -0.447 e. The van der Waals surface area contributed by atoms with Gasteiger partial charge in [-0.25, -0.2) is 8.42 Å². The summed E-state index contributed by atoms with van der Waals surface area (Å²) < 4.78 is 36.7. The van der Waals surface area contributed by atoms with Crippen molar-refractivity contribution in [1.29, 1.82) is 0 Å². The summed E-state index contributed by atoms with van der Waals surface area (Å²) in [6.07, 6.45) is 1.89. The van der Waals surface area contributed by atoms with E-state index in [1.165, 1.54) is 10.4 Å². The lowest BCUT2D eigenvalue weighted by molar-refractivity contribution is 0.0976. The number of hydrogen-bond acceptors (Lipinski definition) is 5. The Balaban J connectivity index is 2.06. The third kappa shape index (κ3) is 3.36. The van der Waals surface area contributed by atoms with Crippen molar-refractivity contribution in [3.63, 3.8) is 0 Å². The second kappa shape index (κ2) is 6.04.